The van der Waals surface area contributed by atoms with Crippen molar-refractivity contribution in [2.24, 2.45) is 10.9 Å². The van der Waals surface area contributed by atoms with Gasteiger partial charge in [-0.15, -0.1) is 0 Å². The van der Waals surface area contributed by atoms with E-state index in [-0.39, 0.29) is 30.0 Å². The first kappa shape index (κ1) is 21.0. The lowest BCUT2D eigenvalue weighted by Crippen LogP contribution is -2.60. The summed E-state index contributed by atoms with van der Waals surface area (Å²) in [6.07, 6.45) is 1.78. The van der Waals surface area contributed by atoms with Crippen molar-refractivity contribution in [3.63, 3.8) is 0 Å². The van der Waals surface area contributed by atoms with Crippen molar-refractivity contribution < 1.29 is 23.9 Å². The molecule has 3 aliphatic heterocycles. The van der Waals surface area contributed by atoms with Crippen LogP contribution in [0.4, 0.5) is 4.39 Å². The monoisotopic (exact) mass is 440 g/mol. The molecule has 0 radical (unpaired) electrons. The second kappa shape index (κ2) is 8.22. The number of fused-ring (bicyclic) bond motifs is 1. The van der Waals surface area contributed by atoms with Gasteiger partial charge in [-0.05, 0) is 42.9 Å². The Morgan fingerprint density at radius 3 is 2.66 bits per heavy atom. The fraction of sp³-hybridized carbons (Fsp3) is 0.478. The molecular weight excluding hydrogens is 415 g/mol. The van der Waals surface area contributed by atoms with Crippen molar-refractivity contribution in [1.29, 1.82) is 0 Å². The minimum Gasteiger partial charge on any atom is -0.380 e. The number of aliphatic hydroxyl groups excluding tert-OH is 1. The summed E-state index contributed by atoms with van der Waals surface area (Å²) >= 11 is 0. The van der Waals surface area contributed by atoms with Gasteiger partial charge in [0.25, 0.3) is 11.8 Å². The highest BCUT2D eigenvalue weighted by molar-refractivity contribution is 6.67. The topological polar surface area (TPSA) is 102 Å². The number of nitrogens with one attached hydrogen (secondary N) is 1. The van der Waals surface area contributed by atoms with Crippen LogP contribution in [0.1, 0.15) is 31.2 Å². The Bertz CT molecular complexity index is 1030. The Morgan fingerprint density at radius 1 is 1.19 bits per heavy atom. The van der Waals surface area contributed by atoms with Crippen molar-refractivity contribution in [2.75, 3.05) is 19.6 Å². The van der Waals surface area contributed by atoms with Gasteiger partial charge in [0, 0.05) is 32.6 Å². The minimum atomic E-state index is -1.69. The molecule has 1 aliphatic carbocycles. The molecule has 5 rings (SSSR count). The first-order valence-corrected chi connectivity index (χ1v) is 11.0. The molecular formula is C23H25FN4O4. The largest absolute Gasteiger partial charge is 0.380 e. The number of aliphatic imine (C=N–C) groups is 1. The van der Waals surface area contributed by atoms with Gasteiger partial charge in [0.2, 0.25) is 5.78 Å². The Hall–Kier alpha value is -2.91. The molecule has 0 aromatic heterocycles. The lowest BCUT2D eigenvalue weighted by atomic mass is 9.89. The predicted molar refractivity (Wildman–Crippen MR) is 113 cm³/mol. The number of halogens is 1. The molecule has 2 N–H and O–H groups in total. The maximum absolute atomic E-state index is 13.1. The molecule has 2 fully saturated rings. The molecule has 1 aromatic carbocycles. The average Bonchev–Trinajstić information content (AvgIpc) is 3.60. The summed E-state index contributed by atoms with van der Waals surface area (Å²) in [4.78, 5) is 46.8. The van der Waals surface area contributed by atoms with Gasteiger partial charge in [0.05, 0.1) is 17.4 Å². The van der Waals surface area contributed by atoms with Crippen molar-refractivity contribution in [2.45, 2.75) is 44.5 Å². The van der Waals surface area contributed by atoms with Gasteiger partial charge < -0.3 is 15.3 Å². The number of carbonyl (C=O) groups excluding carboxylic acids is 3. The second-order valence-corrected chi connectivity index (χ2v) is 8.87. The summed E-state index contributed by atoms with van der Waals surface area (Å²) < 4.78 is 13.1. The molecule has 0 spiro atoms. The second-order valence-electron chi connectivity index (χ2n) is 8.87. The van der Waals surface area contributed by atoms with E-state index in [0.717, 1.165) is 19.5 Å². The van der Waals surface area contributed by atoms with Gasteiger partial charge in [-0.3, -0.25) is 19.3 Å². The highest BCUT2D eigenvalue weighted by Crippen LogP contribution is 2.37. The van der Waals surface area contributed by atoms with E-state index in [1.54, 1.807) is 4.90 Å². The number of benzene rings is 1. The van der Waals surface area contributed by atoms with Crippen LogP contribution in [0.25, 0.3) is 0 Å². The first-order chi connectivity index (χ1) is 15.4. The Labute approximate surface area is 184 Å². The summed E-state index contributed by atoms with van der Waals surface area (Å²) in [6, 6.07) is 5.62. The summed E-state index contributed by atoms with van der Waals surface area (Å²) in [5, 5.41) is 13.2. The number of carbonyl (C=O) groups is 3. The number of nitrogens with zero attached hydrogens (tertiary/aromatic N) is 3. The van der Waals surface area contributed by atoms with Crippen molar-refractivity contribution in [1.82, 2.24) is 15.1 Å². The fourth-order valence-electron chi connectivity index (χ4n) is 4.68. The van der Waals surface area contributed by atoms with E-state index in [1.165, 1.54) is 37.1 Å². The average molecular weight is 440 g/mol. The standard InChI is InChI=1S/C23H25FN4O4/c24-15-6-4-13(5-7-15)11-25-22(31)19-21(30)20(29)18-16(26-19)10-17-27(12-14-2-3-14)8-1-9-28(17)23(18)32/h4-7,14,17,20,29H,1-3,8-12H2,(H,25,31). The maximum Gasteiger partial charge on any atom is 0.273 e. The molecule has 2 atom stereocenters. The lowest BCUT2D eigenvalue weighted by Gasteiger charge is -2.47. The maximum atomic E-state index is 13.1. The van der Waals surface area contributed by atoms with Crippen LogP contribution in [-0.2, 0) is 20.9 Å². The van der Waals surface area contributed by atoms with Crippen LogP contribution in [0.2, 0.25) is 0 Å². The number of hydrogen-bond donors (Lipinski definition) is 2. The number of amides is 2. The molecule has 1 aromatic rings. The lowest BCUT2D eigenvalue weighted by molar-refractivity contribution is -0.141. The zero-order valence-electron chi connectivity index (χ0n) is 17.6. The van der Waals surface area contributed by atoms with Crippen LogP contribution < -0.4 is 5.32 Å². The molecule has 1 saturated heterocycles. The summed E-state index contributed by atoms with van der Waals surface area (Å²) in [6.45, 7) is 2.48. The van der Waals surface area contributed by atoms with Crippen LogP contribution in [0.15, 0.2) is 40.5 Å². The highest BCUT2D eigenvalue weighted by atomic mass is 19.1. The first-order valence-electron chi connectivity index (χ1n) is 11.0. The molecule has 9 heteroatoms. The van der Waals surface area contributed by atoms with E-state index in [4.69, 9.17) is 0 Å². The number of hydrogen-bond acceptors (Lipinski definition) is 6. The van der Waals surface area contributed by atoms with E-state index in [0.29, 0.717) is 30.1 Å². The predicted octanol–water partition coefficient (Wildman–Crippen LogP) is 0.755. The Balaban J connectivity index is 1.37. The number of Topliss-reactive ketones (excluding diaryl/α,β-unsaturated/α-hetero) is 1. The molecule has 4 aliphatic rings. The number of ketones is 1. The molecule has 168 valence electrons. The zero-order chi connectivity index (χ0) is 22.4. The van der Waals surface area contributed by atoms with Gasteiger partial charge >= 0.3 is 0 Å². The minimum absolute atomic E-state index is 0.00499. The third kappa shape index (κ3) is 3.86. The normalized spacial score (nSPS) is 25.9. The summed E-state index contributed by atoms with van der Waals surface area (Å²) in [7, 11) is 0. The van der Waals surface area contributed by atoms with E-state index >= 15 is 0 Å². The summed E-state index contributed by atoms with van der Waals surface area (Å²) in [5.41, 5.74) is 0.572. The third-order valence-electron chi connectivity index (χ3n) is 6.58. The van der Waals surface area contributed by atoms with Gasteiger partial charge in [-0.1, -0.05) is 12.1 Å². The van der Waals surface area contributed by atoms with Gasteiger partial charge in [0.15, 0.2) is 11.8 Å². The number of aliphatic hydroxyl groups is 1. The van der Waals surface area contributed by atoms with E-state index in [9.17, 15) is 23.9 Å². The van der Waals surface area contributed by atoms with E-state index < -0.39 is 23.5 Å². The number of rotatable bonds is 5. The van der Waals surface area contributed by atoms with Gasteiger partial charge in [-0.25, -0.2) is 9.38 Å². The van der Waals surface area contributed by atoms with Crippen LogP contribution >= 0.6 is 0 Å². The van der Waals surface area contributed by atoms with Crippen molar-refractivity contribution in [3.05, 3.63) is 46.9 Å². The fourth-order valence-corrected chi connectivity index (χ4v) is 4.68. The van der Waals surface area contributed by atoms with Gasteiger partial charge in [-0.2, -0.15) is 0 Å². The molecule has 8 nitrogen and oxygen atoms in total. The third-order valence-corrected chi connectivity index (χ3v) is 6.58. The SMILES string of the molecule is O=C(NCc1ccc(F)cc1)C1=NC2=C(C(=O)N3CCCN(CC4CC4)C3C2)C(O)C1=O. The van der Waals surface area contributed by atoms with E-state index in [2.05, 4.69) is 15.2 Å². The molecule has 32 heavy (non-hydrogen) atoms. The Morgan fingerprint density at radius 2 is 1.94 bits per heavy atom. The molecule has 2 unspecified atom stereocenters. The highest BCUT2D eigenvalue weighted by Gasteiger charge is 2.47. The van der Waals surface area contributed by atoms with Crippen LogP contribution in [0, 0.1) is 11.7 Å². The van der Waals surface area contributed by atoms with Crippen LogP contribution in [0.3, 0.4) is 0 Å². The molecule has 0 bridgehead atoms. The van der Waals surface area contributed by atoms with Crippen molar-refractivity contribution >= 4 is 23.3 Å². The summed E-state index contributed by atoms with van der Waals surface area (Å²) in [5.74, 6) is -1.69. The molecule has 1 saturated carbocycles. The quantitative estimate of drug-likeness (QED) is 0.704. The zero-order valence-corrected chi connectivity index (χ0v) is 17.6. The smallest absolute Gasteiger partial charge is 0.273 e. The van der Waals surface area contributed by atoms with E-state index in [1.807, 2.05) is 0 Å². The van der Waals surface area contributed by atoms with Crippen molar-refractivity contribution in [3.8, 4) is 0 Å². The van der Waals surface area contributed by atoms with Crippen LogP contribution in [0.5, 0.6) is 0 Å². The Kier molecular flexibility index (Phi) is 5.38. The van der Waals surface area contributed by atoms with Gasteiger partial charge in [0.1, 0.15) is 5.82 Å². The molecule has 3 heterocycles. The molecule has 2 amide bonds. The van der Waals surface area contributed by atoms with Crippen LogP contribution in [-0.4, -0.2) is 70.1 Å².